The fourth-order valence-electron chi connectivity index (χ4n) is 1.93. The van der Waals surface area contributed by atoms with E-state index in [4.69, 9.17) is 46.4 Å². The van der Waals surface area contributed by atoms with Crippen molar-refractivity contribution in [2.24, 2.45) is 0 Å². The highest BCUT2D eigenvalue weighted by molar-refractivity contribution is 6.35. The Labute approximate surface area is 142 Å². The molecule has 0 fully saturated rings. The summed E-state index contributed by atoms with van der Waals surface area (Å²) in [5.41, 5.74) is 2.03. The van der Waals surface area contributed by atoms with Crippen molar-refractivity contribution in [3.8, 4) is 0 Å². The number of benzene rings is 1. The third-order valence-electron chi connectivity index (χ3n) is 3.01. The number of aromatic nitrogens is 1. The zero-order chi connectivity index (χ0) is 15.7. The van der Waals surface area contributed by atoms with Crippen LogP contribution in [0.5, 0.6) is 0 Å². The molecule has 0 aliphatic rings. The van der Waals surface area contributed by atoms with Crippen molar-refractivity contribution in [1.29, 1.82) is 0 Å². The number of nitrogens with one attached hydrogen (secondary N) is 1. The highest BCUT2D eigenvalue weighted by Gasteiger charge is 2.16. The van der Waals surface area contributed by atoms with Crippen LogP contribution in [0.15, 0.2) is 18.2 Å². The fourth-order valence-corrected chi connectivity index (χ4v) is 3.07. The van der Waals surface area contributed by atoms with Crippen molar-refractivity contribution >= 4 is 52.1 Å². The molecule has 0 saturated heterocycles. The third-order valence-corrected chi connectivity index (χ3v) is 4.09. The lowest BCUT2D eigenvalue weighted by Gasteiger charge is -2.19. The van der Waals surface area contributed by atoms with E-state index in [1.165, 1.54) is 12.1 Å². The monoisotopic (exact) mass is 366 g/mol. The van der Waals surface area contributed by atoms with Crippen molar-refractivity contribution in [3.05, 3.63) is 55.5 Å². The molecule has 2 nitrogen and oxygen atoms in total. The Bertz CT molecular complexity index is 668. The number of anilines is 1. The van der Waals surface area contributed by atoms with Crippen LogP contribution in [0.1, 0.15) is 24.1 Å². The molecule has 1 aromatic carbocycles. The van der Waals surface area contributed by atoms with Gasteiger partial charge in [-0.25, -0.2) is 9.37 Å². The third kappa shape index (κ3) is 3.72. The van der Waals surface area contributed by atoms with Gasteiger partial charge in [-0.1, -0.05) is 46.4 Å². The van der Waals surface area contributed by atoms with Crippen LogP contribution in [0.3, 0.4) is 0 Å². The van der Waals surface area contributed by atoms with Crippen LogP contribution in [0, 0.1) is 12.7 Å². The van der Waals surface area contributed by atoms with Crippen molar-refractivity contribution < 1.29 is 4.39 Å². The Balaban J connectivity index is 2.35. The van der Waals surface area contributed by atoms with E-state index in [9.17, 15) is 4.39 Å². The first-order chi connectivity index (χ1) is 9.79. The second kappa shape index (κ2) is 6.57. The Hall–Kier alpha value is -0.740. The Morgan fingerprint density at radius 1 is 1.10 bits per heavy atom. The smallest absolute Gasteiger partial charge is 0.154 e. The normalized spacial score (nSPS) is 12.3. The molecule has 21 heavy (non-hydrogen) atoms. The van der Waals surface area contributed by atoms with Crippen LogP contribution in [0.25, 0.3) is 0 Å². The first-order valence-corrected chi connectivity index (χ1v) is 7.54. The minimum atomic E-state index is -0.526. The molecule has 2 rings (SSSR count). The van der Waals surface area contributed by atoms with Gasteiger partial charge >= 0.3 is 0 Å². The van der Waals surface area contributed by atoms with Gasteiger partial charge in [-0.3, -0.25) is 0 Å². The van der Waals surface area contributed by atoms with E-state index in [1.807, 2.05) is 13.8 Å². The number of rotatable bonds is 3. The Morgan fingerprint density at radius 2 is 1.76 bits per heavy atom. The van der Waals surface area contributed by atoms with E-state index in [0.29, 0.717) is 21.4 Å². The zero-order valence-corrected chi connectivity index (χ0v) is 14.2. The number of pyridine rings is 1. The number of aryl methyl sites for hydroxylation is 1. The molecule has 0 aliphatic heterocycles. The highest BCUT2D eigenvalue weighted by Crippen LogP contribution is 2.33. The molecule has 1 atom stereocenters. The Kier molecular flexibility index (Phi) is 5.20. The second-order valence-electron chi connectivity index (χ2n) is 4.58. The van der Waals surface area contributed by atoms with Gasteiger partial charge in [-0.05, 0) is 43.2 Å². The van der Waals surface area contributed by atoms with Crippen molar-refractivity contribution in [1.82, 2.24) is 4.98 Å². The van der Waals surface area contributed by atoms with Gasteiger partial charge in [0.1, 0.15) is 11.0 Å². The lowest BCUT2D eigenvalue weighted by atomic mass is 10.1. The van der Waals surface area contributed by atoms with Gasteiger partial charge in [0, 0.05) is 5.02 Å². The second-order valence-corrected chi connectivity index (χ2v) is 6.14. The molecule has 1 N–H and O–H groups in total. The van der Waals surface area contributed by atoms with Crippen LogP contribution in [0.4, 0.5) is 10.1 Å². The average molecular weight is 368 g/mol. The van der Waals surface area contributed by atoms with Gasteiger partial charge in [0.15, 0.2) is 5.15 Å². The van der Waals surface area contributed by atoms with Crippen molar-refractivity contribution in [2.45, 2.75) is 19.9 Å². The number of hydrogen-bond acceptors (Lipinski definition) is 2. The summed E-state index contributed by atoms with van der Waals surface area (Å²) in [6.07, 6.45) is 0. The van der Waals surface area contributed by atoms with Crippen molar-refractivity contribution in [3.63, 3.8) is 0 Å². The molecule has 2 aromatic rings. The molecule has 0 bridgehead atoms. The molecule has 0 spiro atoms. The predicted molar refractivity (Wildman–Crippen MR) is 87.5 cm³/mol. The molecular formula is C14H11Cl4FN2. The van der Waals surface area contributed by atoms with Crippen LogP contribution >= 0.6 is 46.4 Å². The maximum absolute atomic E-state index is 13.6. The molecule has 1 heterocycles. The summed E-state index contributed by atoms with van der Waals surface area (Å²) in [6, 6.07) is 4.07. The van der Waals surface area contributed by atoms with Crippen LogP contribution in [-0.2, 0) is 0 Å². The highest BCUT2D eigenvalue weighted by atomic mass is 35.5. The maximum Gasteiger partial charge on any atom is 0.154 e. The molecular weight excluding hydrogens is 357 g/mol. The van der Waals surface area contributed by atoms with Gasteiger partial charge in [-0.2, -0.15) is 0 Å². The molecule has 0 amide bonds. The van der Waals surface area contributed by atoms with Gasteiger partial charge in [0.2, 0.25) is 0 Å². The van der Waals surface area contributed by atoms with Crippen molar-refractivity contribution in [2.75, 3.05) is 5.32 Å². The largest absolute Gasteiger partial charge is 0.376 e. The van der Waals surface area contributed by atoms with Crippen LogP contribution < -0.4 is 5.32 Å². The predicted octanol–water partition coefficient (Wildman–Crippen LogP) is 6.32. The minimum Gasteiger partial charge on any atom is -0.376 e. The van der Waals surface area contributed by atoms with Gasteiger partial charge in [0.05, 0.1) is 16.8 Å². The molecule has 1 unspecified atom stereocenters. The summed E-state index contributed by atoms with van der Waals surface area (Å²) in [6.45, 7) is 3.68. The minimum absolute atomic E-state index is 0.0154. The quantitative estimate of drug-likeness (QED) is 0.507. The maximum atomic E-state index is 13.6. The summed E-state index contributed by atoms with van der Waals surface area (Å²) in [5, 5.41) is 4.08. The molecule has 7 heteroatoms. The standard InChI is InChI=1S/C14H11Cl4FN2/c1-6-3-12(17)21-14(18)13(6)20-7(2)8-4-11(19)10(16)5-9(8)15/h3-5,7,20H,1-2H3. The number of hydrogen-bond donors (Lipinski definition) is 1. The fraction of sp³-hybridized carbons (Fsp3) is 0.214. The summed E-state index contributed by atoms with van der Waals surface area (Å²) in [4.78, 5) is 3.98. The van der Waals surface area contributed by atoms with E-state index in [-0.39, 0.29) is 16.2 Å². The first kappa shape index (κ1) is 16.6. The molecule has 0 saturated carbocycles. The topological polar surface area (TPSA) is 24.9 Å². The first-order valence-electron chi connectivity index (χ1n) is 6.03. The molecule has 112 valence electrons. The summed E-state index contributed by atoms with van der Waals surface area (Å²) >= 11 is 23.7. The van der Waals surface area contributed by atoms with Crippen LogP contribution in [0.2, 0.25) is 20.4 Å². The number of nitrogens with zero attached hydrogens (tertiary/aromatic N) is 1. The average Bonchev–Trinajstić information content (AvgIpc) is 2.37. The summed E-state index contributed by atoms with van der Waals surface area (Å²) in [5.74, 6) is -0.526. The van der Waals surface area contributed by atoms with Gasteiger partial charge in [0.25, 0.3) is 0 Å². The SMILES string of the molecule is Cc1cc(Cl)nc(Cl)c1NC(C)c1cc(F)c(Cl)cc1Cl. The van der Waals surface area contributed by atoms with Crippen LogP contribution in [-0.4, -0.2) is 4.98 Å². The van der Waals surface area contributed by atoms with E-state index >= 15 is 0 Å². The van der Waals surface area contributed by atoms with Gasteiger partial charge in [-0.15, -0.1) is 0 Å². The molecule has 0 radical (unpaired) electrons. The lowest BCUT2D eigenvalue weighted by molar-refractivity contribution is 0.624. The van der Waals surface area contributed by atoms with E-state index in [0.717, 1.165) is 5.56 Å². The summed E-state index contributed by atoms with van der Waals surface area (Å²) in [7, 11) is 0. The lowest BCUT2D eigenvalue weighted by Crippen LogP contribution is -2.10. The van der Waals surface area contributed by atoms with E-state index in [1.54, 1.807) is 6.07 Å². The zero-order valence-electron chi connectivity index (χ0n) is 11.1. The summed E-state index contributed by atoms with van der Waals surface area (Å²) < 4.78 is 13.6. The van der Waals surface area contributed by atoms with E-state index < -0.39 is 5.82 Å². The number of halogens is 5. The molecule has 1 aromatic heterocycles. The Morgan fingerprint density at radius 3 is 2.38 bits per heavy atom. The van der Waals surface area contributed by atoms with E-state index in [2.05, 4.69) is 10.3 Å². The van der Waals surface area contributed by atoms with Gasteiger partial charge < -0.3 is 5.32 Å². The molecule has 0 aliphatic carbocycles.